The van der Waals surface area contributed by atoms with Gasteiger partial charge in [-0.3, -0.25) is 4.79 Å². The number of benzene rings is 2. The summed E-state index contributed by atoms with van der Waals surface area (Å²) in [7, 11) is 1.58. The van der Waals surface area contributed by atoms with Crippen LogP contribution in [0.15, 0.2) is 48.5 Å². The SMILES string of the molecule is COc1ccc(C(C#N)C(=O)c2ccc(C)cc2)cc1. The van der Waals surface area contributed by atoms with E-state index in [0.717, 1.165) is 5.56 Å². The molecule has 3 heteroatoms. The van der Waals surface area contributed by atoms with E-state index in [1.807, 2.05) is 19.1 Å². The van der Waals surface area contributed by atoms with E-state index in [-0.39, 0.29) is 5.78 Å². The molecule has 2 aromatic carbocycles. The van der Waals surface area contributed by atoms with E-state index in [1.165, 1.54) is 0 Å². The fourth-order valence-electron chi connectivity index (χ4n) is 1.97. The zero-order valence-corrected chi connectivity index (χ0v) is 11.5. The number of carbonyl (C=O) groups is 1. The molecule has 2 rings (SSSR count). The van der Waals surface area contributed by atoms with Gasteiger partial charge in [-0.1, -0.05) is 42.0 Å². The summed E-state index contributed by atoms with van der Waals surface area (Å²) in [6, 6.07) is 16.3. The average Bonchev–Trinajstić information content (AvgIpc) is 2.49. The van der Waals surface area contributed by atoms with Crippen LogP contribution in [0, 0.1) is 18.3 Å². The van der Waals surface area contributed by atoms with E-state index in [4.69, 9.17) is 4.74 Å². The van der Waals surface area contributed by atoms with Crippen molar-refractivity contribution in [1.29, 1.82) is 5.26 Å². The molecule has 2 aromatic rings. The lowest BCUT2D eigenvalue weighted by atomic mass is 9.91. The van der Waals surface area contributed by atoms with E-state index in [0.29, 0.717) is 16.9 Å². The molecular weight excluding hydrogens is 250 g/mol. The third-order valence-electron chi connectivity index (χ3n) is 3.18. The molecule has 3 nitrogen and oxygen atoms in total. The van der Waals surface area contributed by atoms with Crippen LogP contribution in [0.1, 0.15) is 27.4 Å². The Hall–Kier alpha value is -2.60. The van der Waals surface area contributed by atoms with Crippen molar-refractivity contribution >= 4 is 5.78 Å². The third-order valence-corrected chi connectivity index (χ3v) is 3.18. The van der Waals surface area contributed by atoms with Crippen molar-refractivity contribution in [3.8, 4) is 11.8 Å². The first-order valence-electron chi connectivity index (χ1n) is 6.30. The van der Waals surface area contributed by atoms with Crippen LogP contribution in [-0.2, 0) is 0 Å². The zero-order chi connectivity index (χ0) is 14.5. The Morgan fingerprint density at radius 3 is 2.20 bits per heavy atom. The third kappa shape index (κ3) is 2.86. The number of ether oxygens (including phenoxy) is 1. The molecule has 20 heavy (non-hydrogen) atoms. The van der Waals surface area contributed by atoms with Crippen LogP contribution in [0.2, 0.25) is 0 Å². The highest BCUT2D eigenvalue weighted by Crippen LogP contribution is 2.23. The quantitative estimate of drug-likeness (QED) is 0.795. The molecule has 0 aliphatic heterocycles. The van der Waals surface area contributed by atoms with E-state index in [1.54, 1.807) is 43.5 Å². The van der Waals surface area contributed by atoms with Crippen molar-refractivity contribution < 1.29 is 9.53 Å². The second-order valence-corrected chi connectivity index (χ2v) is 4.57. The van der Waals surface area contributed by atoms with Crippen molar-refractivity contribution in [3.63, 3.8) is 0 Å². The highest BCUT2D eigenvalue weighted by Gasteiger charge is 2.21. The molecule has 0 fully saturated rings. The van der Waals surface area contributed by atoms with Crippen molar-refractivity contribution in [2.75, 3.05) is 7.11 Å². The Morgan fingerprint density at radius 2 is 1.70 bits per heavy atom. The topological polar surface area (TPSA) is 50.1 Å². The van der Waals surface area contributed by atoms with E-state index >= 15 is 0 Å². The standard InChI is InChI=1S/C17H15NO2/c1-12-3-5-14(6-4-12)17(19)16(11-18)13-7-9-15(20-2)10-8-13/h3-10,16H,1-2H3. The summed E-state index contributed by atoms with van der Waals surface area (Å²) in [5.74, 6) is -0.269. The highest BCUT2D eigenvalue weighted by molar-refractivity contribution is 6.02. The summed E-state index contributed by atoms with van der Waals surface area (Å²) in [5, 5.41) is 9.29. The normalized spacial score (nSPS) is 11.4. The predicted molar refractivity (Wildman–Crippen MR) is 76.9 cm³/mol. The lowest BCUT2D eigenvalue weighted by Gasteiger charge is -2.09. The molecular formula is C17H15NO2. The van der Waals surface area contributed by atoms with Crippen molar-refractivity contribution in [2.45, 2.75) is 12.8 Å². The number of nitrogens with zero attached hydrogens (tertiary/aromatic N) is 1. The van der Waals surface area contributed by atoms with Gasteiger partial charge in [0.05, 0.1) is 13.2 Å². The first kappa shape index (κ1) is 13.8. The first-order valence-corrected chi connectivity index (χ1v) is 6.30. The monoisotopic (exact) mass is 265 g/mol. The smallest absolute Gasteiger partial charge is 0.184 e. The summed E-state index contributed by atoms with van der Waals surface area (Å²) in [4.78, 5) is 12.4. The van der Waals surface area contributed by atoms with Gasteiger partial charge in [-0.2, -0.15) is 5.26 Å². The summed E-state index contributed by atoms with van der Waals surface area (Å²) in [6.45, 7) is 1.96. The van der Waals surface area contributed by atoms with E-state index < -0.39 is 5.92 Å². The molecule has 0 radical (unpaired) electrons. The molecule has 0 saturated carbocycles. The fourth-order valence-corrected chi connectivity index (χ4v) is 1.97. The minimum Gasteiger partial charge on any atom is -0.497 e. The van der Waals surface area contributed by atoms with Crippen molar-refractivity contribution in [1.82, 2.24) is 0 Å². The first-order chi connectivity index (χ1) is 9.65. The van der Waals surface area contributed by atoms with Gasteiger partial charge in [-0.15, -0.1) is 0 Å². The van der Waals surface area contributed by atoms with E-state index in [9.17, 15) is 10.1 Å². The number of hydrogen-bond acceptors (Lipinski definition) is 3. The van der Waals surface area contributed by atoms with Gasteiger partial charge >= 0.3 is 0 Å². The van der Waals surface area contributed by atoms with Gasteiger partial charge in [-0.25, -0.2) is 0 Å². The number of nitriles is 1. The predicted octanol–water partition coefficient (Wildman–Crippen LogP) is 3.49. The second-order valence-electron chi connectivity index (χ2n) is 4.57. The molecule has 0 heterocycles. The second kappa shape index (κ2) is 6.03. The van der Waals surface area contributed by atoms with Gasteiger partial charge in [0.15, 0.2) is 5.78 Å². The largest absolute Gasteiger partial charge is 0.497 e. The lowest BCUT2D eigenvalue weighted by molar-refractivity contribution is 0.0979. The number of methoxy groups -OCH3 is 1. The number of rotatable bonds is 4. The molecule has 0 N–H and O–H groups in total. The van der Waals surface area contributed by atoms with Gasteiger partial charge in [-0.05, 0) is 24.6 Å². The maximum Gasteiger partial charge on any atom is 0.184 e. The Bertz CT molecular complexity index is 636. The van der Waals surface area contributed by atoms with Crippen LogP contribution in [0.3, 0.4) is 0 Å². The summed E-state index contributed by atoms with van der Waals surface area (Å²) < 4.78 is 5.07. The van der Waals surface area contributed by atoms with Gasteiger partial charge in [0.25, 0.3) is 0 Å². The van der Waals surface area contributed by atoms with Crippen LogP contribution < -0.4 is 4.74 Å². The molecule has 0 bridgehead atoms. The highest BCUT2D eigenvalue weighted by atomic mass is 16.5. The Labute approximate surface area is 118 Å². The van der Waals surface area contributed by atoms with Gasteiger partial charge in [0, 0.05) is 5.56 Å². The zero-order valence-electron chi connectivity index (χ0n) is 11.5. The fraction of sp³-hybridized carbons (Fsp3) is 0.176. The maximum atomic E-state index is 12.4. The van der Waals surface area contributed by atoms with Crippen LogP contribution in [-0.4, -0.2) is 12.9 Å². The minimum atomic E-state index is -0.788. The molecule has 1 atom stereocenters. The van der Waals surface area contributed by atoms with Crippen LogP contribution in [0.25, 0.3) is 0 Å². The van der Waals surface area contributed by atoms with Crippen molar-refractivity contribution in [3.05, 3.63) is 65.2 Å². The molecule has 0 saturated heterocycles. The summed E-state index contributed by atoms with van der Waals surface area (Å²) >= 11 is 0. The van der Waals surface area contributed by atoms with Gasteiger partial charge in [0.2, 0.25) is 0 Å². The average molecular weight is 265 g/mol. The van der Waals surface area contributed by atoms with Crippen LogP contribution >= 0.6 is 0 Å². The molecule has 0 amide bonds. The van der Waals surface area contributed by atoms with E-state index in [2.05, 4.69) is 6.07 Å². The maximum absolute atomic E-state index is 12.4. The molecule has 0 spiro atoms. The Balaban J connectivity index is 2.29. The number of carbonyl (C=O) groups excluding carboxylic acids is 1. The lowest BCUT2D eigenvalue weighted by Crippen LogP contribution is -2.11. The molecule has 1 unspecified atom stereocenters. The molecule has 0 aliphatic carbocycles. The Kier molecular flexibility index (Phi) is 4.17. The molecule has 0 aromatic heterocycles. The summed E-state index contributed by atoms with van der Waals surface area (Å²) in [6.07, 6.45) is 0. The van der Waals surface area contributed by atoms with Gasteiger partial charge < -0.3 is 4.74 Å². The number of hydrogen-bond donors (Lipinski definition) is 0. The van der Waals surface area contributed by atoms with Gasteiger partial charge in [0.1, 0.15) is 11.7 Å². The van der Waals surface area contributed by atoms with Crippen LogP contribution in [0.5, 0.6) is 5.75 Å². The van der Waals surface area contributed by atoms with Crippen LogP contribution in [0.4, 0.5) is 0 Å². The number of Topliss-reactive ketones (excluding diaryl/α,β-unsaturated/α-hetero) is 1. The summed E-state index contributed by atoms with van der Waals surface area (Å²) in [5.41, 5.74) is 2.32. The van der Waals surface area contributed by atoms with Crippen molar-refractivity contribution in [2.24, 2.45) is 0 Å². The minimum absolute atomic E-state index is 0.183. The Morgan fingerprint density at radius 1 is 1.10 bits per heavy atom. The molecule has 0 aliphatic rings. The number of aryl methyl sites for hydroxylation is 1. The molecule has 100 valence electrons. The number of ketones is 1.